The van der Waals surface area contributed by atoms with E-state index in [-0.39, 0.29) is 5.41 Å². The zero-order chi connectivity index (χ0) is 15.6. The van der Waals surface area contributed by atoms with Crippen LogP contribution in [0, 0.1) is 13.8 Å². The molecule has 0 aliphatic heterocycles. The summed E-state index contributed by atoms with van der Waals surface area (Å²) in [6, 6.07) is 15.8. The lowest BCUT2D eigenvalue weighted by molar-refractivity contribution is 0.589. The van der Waals surface area contributed by atoms with E-state index in [0.717, 1.165) is 0 Å². The fraction of sp³-hybridized carbons (Fsp3) is 0.400. The van der Waals surface area contributed by atoms with Crippen LogP contribution in [0.2, 0.25) is 0 Å². The van der Waals surface area contributed by atoms with E-state index >= 15 is 0 Å². The molecule has 1 unspecified atom stereocenters. The van der Waals surface area contributed by atoms with Gasteiger partial charge in [0.2, 0.25) is 0 Å². The summed E-state index contributed by atoms with van der Waals surface area (Å²) in [5.41, 5.74) is 6.72. The van der Waals surface area contributed by atoms with Crippen molar-refractivity contribution in [2.24, 2.45) is 0 Å². The molecule has 0 bridgehead atoms. The first-order valence-electron chi connectivity index (χ1n) is 7.71. The molecule has 2 aromatic rings. The van der Waals surface area contributed by atoms with Gasteiger partial charge in [-0.1, -0.05) is 57.2 Å². The maximum Gasteiger partial charge on any atom is 0.0485 e. The fourth-order valence-corrected chi connectivity index (χ4v) is 2.48. The van der Waals surface area contributed by atoms with Gasteiger partial charge in [-0.2, -0.15) is 0 Å². The Balaban J connectivity index is 2.17. The van der Waals surface area contributed by atoms with Crippen molar-refractivity contribution in [3.63, 3.8) is 0 Å². The van der Waals surface area contributed by atoms with E-state index < -0.39 is 0 Å². The summed E-state index contributed by atoms with van der Waals surface area (Å²) in [5, 5.41) is 3.63. The Morgan fingerprint density at radius 1 is 0.905 bits per heavy atom. The van der Waals surface area contributed by atoms with E-state index in [0.29, 0.717) is 6.04 Å². The molecule has 0 heterocycles. The molecule has 0 radical (unpaired) electrons. The van der Waals surface area contributed by atoms with Crippen LogP contribution in [0.15, 0.2) is 42.5 Å². The molecular formula is C20H27N. The molecule has 0 spiro atoms. The number of nitrogens with one attached hydrogen (secondary N) is 1. The van der Waals surface area contributed by atoms with Gasteiger partial charge in [0.05, 0.1) is 0 Å². The topological polar surface area (TPSA) is 12.0 Å². The monoisotopic (exact) mass is 281 g/mol. The molecule has 0 saturated heterocycles. The molecule has 0 fully saturated rings. The number of anilines is 1. The third-order valence-electron chi connectivity index (χ3n) is 4.04. The summed E-state index contributed by atoms with van der Waals surface area (Å²) in [7, 11) is 0. The first kappa shape index (κ1) is 15.6. The second-order valence-corrected chi connectivity index (χ2v) is 7.06. The lowest BCUT2D eigenvalue weighted by Gasteiger charge is -2.21. The second kappa shape index (κ2) is 5.93. The minimum Gasteiger partial charge on any atom is -0.378 e. The van der Waals surface area contributed by atoms with Crippen molar-refractivity contribution in [3.05, 3.63) is 64.7 Å². The van der Waals surface area contributed by atoms with Gasteiger partial charge in [-0.25, -0.2) is 0 Å². The highest BCUT2D eigenvalue weighted by Gasteiger charge is 2.14. The lowest BCUT2D eigenvalue weighted by atomic mass is 9.86. The Bertz CT molecular complexity index is 603. The zero-order valence-electron chi connectivity index (χ0n) is 14.1. The average molecular weight is 281 g/mol. The van der Waals surface area contributed by atoms with Crippen LogP contribution in [0.4, 0.5) is 5.69 Å². The predicted octanol–water partition coefficient (Wildman–Crippen LogP) is 5.77. The zero-order valence-corrected chi connectivity index (χ0v) is 14.1. The van der Waals surface area contributed by atoms with Gasteiger partial charge in [0.15, 0.2) is 0 Å². The molecule has 2 aromatic carbocycles. The molecule has 0 aliphatic carbocycles. The summed E-state index contributed by atoms with van der Waals surface area (Å²) < 4.78 is 0. The highest BCUT2D eigenvalue weighted by atomic mass is 14.9. The van der Waals surface area contributed by atoms with Crippen molar-refractivity contribution in [2.45, 2.75) is 53.0 Å². The first-order chi connectivity index (χ1) is 9.77. The molecule has 0 saturated carbocycles. The summed E-state index contributed by atoms with van der Waals surface area (Å²) >= 11 is 0. The summed E-state index contributed by atoms with van der Waals surface area (Å²) in [4.78, 5) is 0. The van der Waals surface area contributed by atoms with Crippen LogP contribution in [-0.4, -0.2) is 0 Å². The first-order valence-corrected chi connectivity index (χ1v) is 7.71. The second-order valence-electron chi connectivity index (χ2n) is 7.06. The molecule has 0 amide bonds. The number of aryl methyl sites for hydroxylation is 2. The molecule has 21 heavy (non-hydrogen) atoms. The van der Waals surface area contributed by atoms with Crippen molar-refractivity contribution < 1.29 is 0 Å². The average Bonchev–Trinajstić information content (AvgIpc) is 2.42. The minimum atomic E-state index is 0.211. The predicted molar refractivity (Wildman–Crippen MR) is 93.1 cm³/mol. The van der Waals surface area contributed by atoms with E-state index in [1.165, 1.54) is 27.9 Å². The molecule has 1 nitrogen and oxygen atoms in total. The van der Waals surface area contributed by atoms with Crippen LogP contribution < -0.4 is 5.32 Å². The van der Waals surface area contributed by atoms with Gasteiger partial charge in [-0.15, -0.1) is 0 Å². The van der Waals surface area contributed by atoms with Gasteiger partial charge < -0.3 is 5.32 Å². The summed E-state index contributed by atoms with van der Waals surface area (Å²) in [6.07, 6.45) is 0. The van der Waals surface area contributed by atoms with E-state index in [2.05, 4.69) is 89.3 Å². The molecular weight excluding hydrogens is 254 g/mol. The normalized spacial score (nSPS) is 13.0. The van der Waals surface area contributed by atoms with Crippen LogP contribution in [0.3, 0.4) is 0 Å². The Morgan fingerprint density at radius 3 is 2.10 bits per heavy atom. The maximum absolute atomic E-state index is 3.63. The highest BCUT2D eigenvalue weighted by molar-refractivity contribution is 5.54. The molecule has 2 rings (SSSR count). The minimum absolute atomic E-state index is 0.211. The Labute approximate surface area is 129 Å². The van der Waals surface area contributed by atoms with E-state index in [1.54, 1.807) is 0 Å². The third-order valence-corrected chi connectivity index (χ3v) is 4.04. The Kier molecular flexibility index (Phi) is 4.41. The smallest absolute Gasteiger partial charge is 0.0485 e. The van der Waals surface area contributed by atoms with Crippen LogP contribution in [-0.2, 0) is 5.41 Å². The lowest BCUT2D eigenvalue weighted by Crippen LogP contribution is -2.12. The molecule has 0 aromatic heterocycles. The molecule has 1 atom stereocenters. The Morgan fingerprint density at radius 2 is 1.52 bits per heavy atom. The summed E-state index contributed by atoms with van der Waals surface area (Å²) in [6.45, 7) is 13.2. The molecule has 112 valence electrons. The largest absolute Gasteiger partial charge is 0.378 e. The highest BCUT2D eigenvalue weighted by Crippen LogP contribution is 2.26. The standard InChI is InChI=1S/C20H27N/c1-14-7-8-15(2)19(13-14)21-16(3)17-9-11-18(12-10-17)20(4,5)6/h7-13,16,21H,1-6H3. The van der Waals surface area contributed by atoms with Gasteiger partial charge in [0, 0.05) is 11.7 Å². The fourth-order valence-electron chi connectivity index (χ4n) is 2.48. The van der Waals surface area contributed by atoms with Gasteiger partial charge in [0.25, 0.3) is 0 Å². The summed E-state index contributed by atoms with van der Waals surface area (Å²) in [5.74, 6) is 0. The number of hydrogen-bond acceptors (Lipinski definition) is 1. The van der Waals surface area contributed by atoms with Crippen molar-refractivity contribution >= 4 is 5.69 Å². The Hall–Kier alpha value is -1.76. The maximum atomic E-state index is 3.63. The van der Waals surface area contributed by atoms with Crippen LogP contribution in [0.25, 0.3) is 0 Å². The van der Waals surface area contributed by atoms with Crippen LogP contribution in [0.1, 0.15) is 56.0 Å². The molecule has 1 N–H and O–H groups in total. The number of benzene rings is 2. The van der Waals surface area contributed by atoms with Crippen molar-refractivity contribution in [1.82, 2.24) is 0 Å². The van der Waals surface area contributed by atoms with E-state index in [9.17, 15) is 0 Å². The third kappa shape index (κ3) is 3.87. The van der Waals surface area contributed by atoms with Crippen molar-refractivity contribution in [3.8, 4) is 0 Å². The molecule has 0 aliphatic rings. The quantitative estimate of drug-likeness (QED) is 0.752. The van der Waals surface area contributed by atoms with Gasteiger partial charge in [0.1, 0.15) is 0 Å². The van der Waals surface area contributed by atoms with Crippen molar-refractivity contribution in [2.75, 3.05) is 5.32 Å². The van der Waals surface area contributed by atoms with Crippen LogP contribution in [0.5, 0.6) is 0 Å². The molecule has 1 heteroatoms. The van der Waals surface area contributed by atoms with Crippen LogP contribution >= 0.6 is 0 Å². The van der Waals surface area contributed by atoms with Gasteiger partial charge in [-0.05, 0) is 54.5 Å². The van der Waals surface area contributed by atoms with Gasteiger partial charge >= 0.3 is 0 Å². The SMILES string of the molecule is Cc1ccc(C)c(NC(C)c2ccc(C(C)(C)C)cc2)c1. The van der Waals surface area contributed by atoms with E-state index in [4.69, 9.17) is 0 Å². The van der Waals surface area contributed by atoms with Crippen molar-refractivity contribution in [1.29, 1.82) is 0 Å². The number of rotatable bonds is 3. The van der Waals surface area contributed by atoms with E-state index in [1.807, 2.05) is 0 Å². The van der Waals surface area contributed by atoms with Gasteiger partial charge in [-0.3, -0.25) is 0 Å². The number of hydrogen-bond donors (Lipinski definition) is 1.